The minimum Gasteiger partial charge on any atom is -0.121 e. The van der Waals surface area contributed by atoms with Crippen LogP contribution in [0.3, 0.4) is 0 Å². The summed E-state index contributed by atoms with van der Waals surface area (Å²) in [7, 11) is 0. The Morgan fingerprint density at radius 1 is 1.17 bits per heavy atom. The van der Waals surface area contributed by atoms with E-state index in [-0.39, 0.29) is 0 Å². The van der Waals surface area contributed by atoms with Crippen LogP contribution in [0.15, 0.2) is 10.8 Å². The maximum absolute atomic E-state index is 6.00. The van der Waals surface area contributed by atoms with E-state index in [1.54, 1.807) is 0 Å². The minimum atomic E-state index is -2.54. The molecule has 0 N–H and O–H groups in total. The summed E-state index contributed by atoms with van der Waals surface area (Å²) in [5.74, 6) is 0. The smallest absolute Gasteiger partial charge is 0.121 e. The van der Waals surface area contributed by atoms with Crippen molar-refractivity contribution in [3.63, 3.8) is 0 Å². The van der Waals surface area contributed by atoms with Crippen LogP contribution >= 0.6 is 33.2 Å². The van der Waals surface area contributed by atoms with E-state index in [1.165, 1.54) is 23.6 Å². The quantitative estimate of drug-likeness (QED) is 0.496. The largest absolute Gasteiger partial charge is 0.368 e. The Morgan fingerprint density at radius 2 is 1.75 bits per heavy atom. The summed E-state index contributed by atoms with van der Waals surface area (Å²) in [5, 5.41) is 1.18. The molecule has 0 saturated carbocycles. The third kappa shape index (κ3) is 2.66. The first-order chi connectivity index (χ1) is 5.55. The molecule has 0 unspecified atom stereocenters. The van der Waals surface area contributed by atoms with Gasteiger partial charge in [0.25, 0.3) is 0 Å². The molecule has 0 saturated heterocycles. The summed E-state index contributed by atoms with van der Waals surface area (Å²) in [6, 6.07) is -2.54. The Bertz CT molecular complexity index is 193. The number of hydrogen-bond acceptors (Lipinski definition) is 0. The second kappa shape index (κ2) is 4.36. The Morgan fingerprint density at radius 3 is 2.17 bits per heavy atom. The van der Waals surface area contributed by atoms with Gasteiger partial charge in [-0.05, 0) is 37.3 Å². The summed E-state index contributed by atoms with van der Waals surface area (Å²) < 4.78 is 0. The zero-order chi connectivity index (χ0) is 9.19. The fourth-order valence-electron chi connectivity index (χ4n) is 1.70. The number of halogens is 3. The Balaban J connectivity index is 2.87. The van der Waals surface area contributed by atoms with Crippen molar-refractivity contribution >= 4 is 39.2 Å². The monoisotopic (exact) mass is 242 g/mol. The maximum atomic E-state index is 6.00. The molecular formula is C8H13Cl3Si. The van der Waals surface area contributed by atoms with Gasteiger partial charge in [-0.2, -0.15) is 0 Å². The van der Waals surface area contributed by atoms with Crippen LogP contribution in [0.4, 0.5) is 0 Å². The van der Waals surface area contributed by atoms with Gasteiger partial charge in [-0.15, -0.1) is 33.2 Å². The van der Waals surface area contributed by atoms with E-state index in [2.05, 4.69) is 6.92 Å². The molecule has 0 amide bonds. The van der Waals surface area contributed by atoms with Crippen LogP contribution in [-0.2, 0) is 0 Å². The van der Waals surface area contributed by atoms with Gasteiger partial charge in [0, 0.05) is 0 Å². The first-order valence-electron chi connectivity index (χ1n) is 4.33. The fraction of sp³-hybridized carbons (Fsp3) is 0.750. The van der Waals surface area contributed by atoms with E-state index in [1.807, 2.05) is 0 Å². The molecule has 0 heterocycles. The predicted molar refractivity (Wildman–Crippen MR) is 59.1 cm³/mol. The molecular weight excluding hydrogens is 231 g/mol. The third-order valence-corrected chi connectivity index (χ3v) is 5.69. The second-order valence-corrected chi connectivity index (χ2v) is 11.6. The molecule has 0 spiro atoms. The van der Waals surface area contributed by atoms with Crippen LogP contribution in [-0.4, -0.2) is 6.00 Å². The molecule has 0 nitrogen and oxygen atoms in total. The highest BCUT2D eigenvalue weighted by Gasteiger charge is 2.33. The van der Waals surface area contributed by atoms with Crippen molar-refractivity contribution in [1.82, 2.24) is 0 Å². The van der Waals surface area contributed by atoms with Gasteiger partial charge in [0.2, 0.25) is 0 Å². The Kier molecular flexibility index (Phi) is 3.96. The van der Waals surface area contributed by atoms with Crippen LogP contribution in [0.25, 0.3) is 0 Å². The van der Waals surface area contributed by atoms with Gasteiger partial charge in [0.15, 0.2) is 0 Å². The highest BCUT2D eigenvalue weighted by atomic mass is 35.8. The fourth-order valence-corrected chi connectivity index (χ4v) is 4.92. The molecule has 0 fully saturated rings. The standard InChI is InChI=1S/C8H13Cl3Si/c1-2-7-5-3-4-6-8(7)12(9,10)11/h2-6H2,1H3. The highest BCUT2D eigenvalue weighted by molar-refractivity contribution is 7.67. The number of allylic oxidation sites excluding steroid dienone is 2. The molecule has 1 aliphatic carbocycles. The van der Waals surface area contributed by atoms with Crippen LogP contribution in [0.2, 0.25) is 0 Å². The van der Waals surface area contributed by atoms with Gasteiger partial charge in [0.05, 0.1) is 0 Å². The Hall–Kier alpha value is 0.827. The zero-order valence-corrected chi connectivity index (χ0v) is 10.4. The van der Waals surface area contributed by atoms with E-state index in [4.69, 9.17) is 33.2 Å². The summed E-state index contributed by atoms with van der Waals surface area (Å²) in [6.07, 6.45) is 5.68. The molecule has 70 valence electrons. The van der Waals surface area contributed by atoms with Crippen molar-refractivity contribution in [3.8, 4) is 0 Å². The predicted octanol–water partition coefficient (Wildman–Crippen LogP) is 4.46. The van der Waals surface area contributed by atoms with E-state index < -0.39 is 6.00 Å². The van der Waals surface area contributed by atoms with Gasteiger partial charge in [-0.25, -0.2) is 0 Å². The Labute approximate surface area is 89.0 Å². The molecule has 1 rings (SSSR count). The summed E-state index contributed by atoms with van der Waals surface area (Å²) in [5.41, 5.74) is 1.41. The van der Waals surface area contributed by atoms with E-state index in [0.29, 0.717) is 0 Å². The molecule has 4 heteroatoms. The lowest BCUT2D eigenvalue weighted by atomic mass is 9.97. The molecule has 0 bridgehead atoms. The normalized spacial score (nSPS) is 20.0. The van der Waals surface area contributed by atoms with Crippen molar-refractivity contribution in [2.75, 3.05) is 0 Å². The summed E-state index contributed by atoms with van der Waals surface area (Å²) >= 11 is 18.0. The van der Waals surface area contributed by atoms with E-state index in [0.717, 1.165) is 19.3 Å². The van der Waals surface area contributed by atoms with Crippen molar-refractivity contribution in [2.24, 2.45) is 0 Å². The van der Waals surface area contributed by atoms with Crippen LogP contribution in [0.5, 0.6) is 0 Å². The van der Waals surface area contributed by atoms with Crippen molar-refractivity contribution in [2.45, 2.75) is 39.0 Å². The first-order valence-corrected chi connectivity index (χ1v) is 9.37. The second-order valence-electron chi connectivity index (χ2n) is 3.14. The lowest BCUT2D eigenvalue weighted by Crippen LogP contribution is -2.19. The van der Waals surface area contributed by atoms with Gasteiger partial charge in [-0.1, -0.05) is 12.5 Å². The third-order valence-electron chi connectivity index (χ3n) is 2.35. The molecule has 0 aromatic carbocycles. The molecule has 0 aliphatic heterocycles. The number of hydrogen-bond donors (Lipinski definition) is 0. The summed E-state index contributed by atoms with van der Waals surface area (Å²) in [6.45, 7) is 2.14. The molecule has 1 aliphatic rings. The minimum absolute atomic E-state index is 1.02. The molecule has 0 radical (unpaired) electrons. The zero-order valence-electron chi connectivity index (χ0n) is 7.17. The lowest BCUT2D eigenvalue weighted by Gasteiger charge is -2.23. The molecule has 0 aromatic rings. The SMILES string of the molecule is CCC1=C([Si](Cl)(Cl)Cl)CCCC1. The van der Waals surface area contributed by atoms with Gasteiger partial charge in [0.1, 0.15) is 0 Å². The maximum Gasteiger partial charge on any atom is 0.368 e. The van der Waals surface area contributed by atoms with Crippen LogP contribution in [0.1, 0.15) is 39.0 Å². The highest BCUT2D eigenvalue weighted by Crippen LogP contribution is 2.39. The van der Waals surface area contributed by atoms with Gasteiger partial charge < -0.3 is 0 Å². The first kappa shape index (κ1) is 10.9. The van der Waals surface area contributed by atoms with Crippen molar-refractivity contribution < 1.29 is 0 Å². The van der Waals surface area contributed by atoms with E-state index in [9.17, 15) is 0 Å². The van der Waals surface area contributed by atoms with Crippen molar-refractivity contribution in [1.29, 1.82) is 0 Å². The number of rotatable bonds is 2. The average molecular weight is 244 g/mol. The van der Waals surface area contributed by atoms with Crippen molar-refractivity contribution in [3.05, 3.63) is 10.8 Å². The van der Waals surface area contributed by atoms with Crippen LogP contribution < -0.4 is 0 Å². The van der Waals surface area contributed by atoms with E-state index >= 15 is 0 Å². The van der Waals surface area contributed by atoms with Gasteiger partial charge >= 0.3 is 6.00 Å². The topological polar surface area (TPSA) is 0 Å². The van der Waals surface area contributed by atoms with Crippen LogP contribution in [0, 0.1) is 0 Å². The summed E-state index contributed by atoms with van der Waals surface area (Å²) in [4.78, 5) is 0. The molecule has 12 heavy (non-hydrogen) atoms. The average Bonchev–Trinajstić information content (AvgIpc) is 2.03. The lowest BCUT2D eigenvalue weighted by molar-refractivity contribution is 0.674. The van der Waals surface area contributed by atoms with Gasteiger partial charge in [-0.3, -0.25) is 0 Å². The molecule has 0 atom stereocenters. The molecule has 0 aromatic heterocycles.